The van der Waals surface area contributed by atoms with Gasteiger partial charge in [0.2, 0.25) is 11.0 Å². The minimum atomic E-state index is -0.0271. The van der Waals surface area contributed by atoms with E-state index in [9.17, 15) is 5.11 Å². The number of fused-ring (bicyclic) bond motifs is 1. The van der Waals surface area contributed by atoms with Crippen molar-refractivity contribution in [2.24, 2.45) is 10.2 Å². The zero-order valence-electron chi connectivity index (χ0n) is 8.86. The molecule has 1 heterocycles. The summed E-state index contributed by atoms with van der Waals surface area (Å²) in [5.74, 6) is -0.0271. The quantitative estimate of drug-likeness (QED) is 0.559. The number of H-pyrrole nitrogens is 1. The summed E-state index contributed by atoms with van der Waals surface area (Å²) in [5.41, 5.74) is 1.16. The zero-order valence-corrected chi connectivity index (χ0v) is 11.3. The van der Waals surface area contributed by atoms with Crippen molar-refractivity contribution in [1.29, 1.82) is 0 Å². The molecule has 1 aromatic carbocycles. The number of rotatable bonds is 1. The zero-order chi connectivity index (χ0) is 12.4. The van der Waals surface area contributed by atoms with Crippen molar-refractivity contribution in [3.8, 4) is 5.88 Å². The van der Waals surface area contributed by atoms with Gasteiger partial charge in [-0.3, -0.25) is 0 Å². The Labute approximate surface area is 111 Å². The molecule has 0 spiro atoms. The Kier molecular flexibility index (Phi) is 3.39. The highest BCUT2D eigenvalue weighted by Crippen LogP contribution is 2.36. The summed E-state index contributed by atoms with van der Waals surface area (Å²) in [4.78, 5) is 2.81. The molecular weight excluding hydrogens is 304 g/mol. The molecule has 0 bridgehead atoms. The van der Waals surface area contributed by atoms with Gasteiger partial charge < -0.3 is 15.4 Å². The maximum absolute atomic E-state index is 9.72. The van der Waals surface area contributed by atoms with Crippen LogP contribution in [0.3, 0.4) is 0 Å². The largest absolute Gasteiger partial charge is 0.493 e. The van der Waals surface area contributed by atoms with Gasteiger partial charge in [-0.2, -0.15) is 0 Å². The highest BCUT2D eigenvalue weighted by molar-refractivity contribution is 9.10. The molecule has 2 rings (SSSR count). The molecule has 17 heavy (non-hydrogen) atoms. The van der Waals surface area contributed by atoms with E-state index in [2.05, 4.69) is 36.5 Å². The van der Waals surface area contributed by atoms with Crippen LogP contribution in [0.2, 0.25) is 0 Å². The van der Waals surface area contributed by atoms with Crippen LogP contribution in [0.1, 0.15) is 0 Å². The summed E-state index contributed by atoms with van der Waals surface area (Å²) >= 11 is 8.21. The molecule has 0 amide bonds. The lowest BCUT2D eigenvalue weighted by atomic mass is 10.2. The Morgan fingerprint density at radius 3 is 3.00 bits per heavy atom. The maximum atomic E-state index is 9.72. The van der Waals surface area contributed by atoms with Gasteiger partial charge in [-0.15, -0.1) is 10.2 Å². The number of benzene rings is 1. The lowest BCUT2D eigenvalue weighted by Crippen LogP contribution is -2.11. The SMILES string of the molecule is CNC(=S)N=Nc1c(O)[nH]c2ccc(Br)cc12. The van der Waals surface area contributed by atoms with Crippen molar-refractivity contribution in [2.75, 3.05) is 7.05 Å². The number of aromatic hydroxyl groups is 1. The third kappa shape index (κ3) is 2.45. The molecule has 2 aromatic rings. The Balaban J connectivity index is 2.52. The van der Waals surface area contributed by atoms with Crippen LogP contribution >= 0.6 is 28.1 Å². The highest BCUT2D eigenvalue weighted by Gasteiger charge is 2.10. The second-order valence-electron chi connectivity index (χ2n) is 3.27. The van der Waals surface area contributed by atoms with Gasteiger partial charge in [-0.25, -0.2) is 0 Å². The number of halogens is 1. The van der Waals surface area contributed by atoms with E-state index in [1.807, 2.05) is 18.2 Å². The summed E-state index contributed by atoms with van der Waals surface area (Å²) < 4.78 is 0.900. The van der Waals surface area contributed by atoms with Gasteiger partial charge in [0, 0.05) is 16.9 Å². The lowest BCUT2D eigenvalue weighted by molar-refractivity contribution is 0.459. The molecule has 0 aliphatic rings. The van der Waals surface area contributed by atoms with Crippen LogP contribution in [0.25, 0.3) is 10.9 Å². The van der Waals surface area contributed by atoms with Crippen molar-refractivity contribution < 1.29 is 5.11 Å². The third-order valence-corrected chi connectivity index (χ3v) is 2.95. The predicted octanol–water partition coefficient (Wildman–Crippen LogP) is 3.22. The normalized spacial score (nSPS) is 11.2. The van der Waals surface area contributed by atoms with E-state index in [1.165, 1.54) is 0 Å². The Bertz CT molecular complexity index is 608. The fraction of sp³-hybridized carbons (Fsp3) is 0.100. The summed E-state index contributed by atoms with van der Waals surface area (Å²) in [6, 6.07) is 5.56. The first-order chi connectivity index (χ1) is 8.11. The van der Waals surface area contributed by atoms with Crippen LogP contribution in [0, 0.1) is 0 Å². The first-order valence-corrected chi connectivity index (χ1v) is 5.95. The van der Waals surface area contributed by atoms with Crippen molar-refractivity contribution in [3.05, 3.63) is 22.7 Å². The maximum Gasteiger partial charge on any atom is 0.218 e. The number of nitrogens with one attached hydrogen (secondary N) is 2. The smallest absolute Gasteiger partial charge is 0.218 e. The Morgan fingerprint density at radius 1 is 1.53 bits per heavy atom. The summed E-state index contributed by atoms with van der Waals surface area (Å²) in [7, 11) is 1.66. The standard InChI is InChI=1S/C10H9BrN4OS/c1-12-10(17)15-14-8-6-4-5(11)2-3-7(6)13-9(8)16/h2-4,13,16H,1H3,(H,12,17). The van der Waals surface area contributed by atoms with Crippen LogP contribution in [-0.2, 0) is 0 Å². The van der Waals surface area contributed by atoms with Gasteiger partial charge >= 0.3 is 0 Å². The van der Waals surface area contributed by atoms with E-state index in [1.54, 1.807) is 7.05 Å². The van der Waals surface area contributed by atoms with Gasteiger partial charge in [0.1, 0.15) is 0 Å². The second kappa shape index (κ2) is 4.80. The molecule has 88 valence electrons. The minimum Gasteiger partial charge on any atom is -0.493 e. The van der Waals surface area contributed by atoms with Crippen molar-refractivity contribution in [3.63, 3.8) is 0 Å². The Morgan fingerprint density at radius 2 is 2.29 bits per heavy atom. The van der Waals surface area contributed by atoms with Crippen LogP contribution < -0.4 is 5.32 Å². The molecule has 5 nitrogen and oxygen atoms in total. The number of aromatic amines is 1. The van der Waals surface area contributed by atoms with Gasteiger partial charge in [0.25, 0.3) is 0 Å². The Hall–Kier alpha value is -1.47. The first-order valence-electron chi connectivity index (χ1n) is 4.75. The van der Waals surface area contributed by atoms with E-state index in [4.69, 9.17) is 12.2 Å². The van der Waals surface area contributed by atoms with Crippen molar-refractivity contribution in [2.45, 2.75) is 0 Å². The van der Waals surface area contributed by atoms with Crippen LogP contribution in [0.4, 0.5) is 5.69 Å². The molecule has 0 fully saturated rings. The average Bonchev–Trinajstić information content (AvgIpc) is 2.61. The molecule has 0 saturated carbocycles. The second-order valence-corrected chi connectivity index (χ2v) is 4.57. The molecule has 0 unspecified atom stereocenters. The number of hydrogen-bond acceptors (Lipinski definition) is 3. The summed E-state index contributed by atoms with van der Waals surface area (Å²) in [6.45, 7) is 0. The van der Waals surface area contributed by atoms with Crippen molar-refractivity contribution in [1.82, 2.24) is 10.3 Å². The fourth-order valence-corrected chi connectivity index (χ4v) is 1.78. The van der Waals surface area contributed by atoms with Gasteiger partial charge in [-0.1, -0.05) is 15.9 Å². The minimum absolute atomic E-state index is 0.0271. The van der Waals surface area contributed by atoms with E-state index >= 15 is 0 Å². The number of azo groups is 1. The number of nitrogens with zero attached hydrogens (tertiary/aromatic N) is 2. The fourth-order valence-electron chi connectivity index (χ4n) is 1.38. The molecule has 0 aliphatic heterocycles. The molecule has 0 saturated heterocycles. The van der Waals surface area contributed by atoms with E-state index in [-0.39, 0.29) is 11.0 Å². The molecule has 7 heteroatoms. The lowest BCUT2D eigenvalue weighted by Gasteiger charge is -1.94. The summed E-state index contributed by atoms with van der Waals surface area (Å²) in [6.07, 6.45) is 0. The van der Waals surface area contributed by atoms with E-state index in [0.29, 0.717) is 5.69 Å². The van der Waals surface area contributed by atoms with Gasteiger partial charge in [-0.05, 0) is 30.4 Å². The monoisotopic (exact) mass is 312 g/mol. The highest BCUT2D eigenvalue weighted by atomic mass is 79.9. The predicted molar refractivity (Wildman–Crippen MR) is 73.8 cm³/mol. The third-order valence-electron chi connectivity index (χ3n) is 2.17. The number of hydrogen-bond donors (Lipinski definition) is 3. The van der Waals surface area contributed by atoms with Crippen molar-refractivity contribution >= 4 is 49.9 Å². The molecule has 3 N–H and O–H groups in total. The molecular formula is C10H9BrN4OS. The molecule has 0 radical (unpaired) electrons. The van der Waals surface area contributed by atoms with E-state index in [0.717, 1.165) is 15.4 Å². The van der Waals surface area contributed by atoms with Gasteiger partial charge in [0.05, 0.1) is 5.52 Å². The summed E-state index contributed by atoms with van der Waals surface area (Å²) in [5, 5.41) is 21.1. The topological polar surface area (TPSA) is 72.8 Å². The number of aromatic nitrogens is 1. The molecule has 0 atom stereocenters. The first kappa shape index (κ1) is 12.0. The average molecular weight is 313 g/mol. The van der Waals surface area contributed by atoms with Gasteiger partial charge in [0.15, 0.2) is 5.69 Å². The number of thiocarbonyl (C=S) groups is 1. The van der Waals surface area contributed by atoms with Crippen LogP contribution in [0.5, 0.6) is 5.88 Å². The van der Waals surface area contributed by atoms with Crippen LogP contribution in [-0.4, -0.2) is 22.3 Å². The molecule has 1 aromatic heterocycles. The van der Waals surface area contributed by atoms with E-state index < -0.39 is 0 Å². The van der Waals surface area contributed by atoms with Crippen LogP contribution in [0.15, 0.2) is 32.9 Å². The molecule has 0 aliphatic carbocycles.